The molecule has 0 spiro atoms. The third kappa shape index (κ3) is 2.73. The molecule has 0 aliphatic rings. The minimum atomic E-state index is -3.36. The number of aromatic amines is 1. The molecule has 0 saturated heterocycles. The van der Waals surface area contributed by atoms with Crippen LogP contribution in [0.1, 0.15) is 18.3 Å². The second-order valence-corrected chi connectivity index (χ2v) is 5.92. The molecule has 0 aliphatic carbocycles. The maximum Gasteiger partial charge on any atom is 0.236 e. The van der Waals surface area contributed by atoms with Crippen LogP contribution in [0.4, 0.5) is 5.69 Å². The predicted molar refractivity (Wildman–Crippen MR) is 64.0 cm³/mol. The molecular weight excluding hydrogens is 228 g/mol. The molecule has 1 unspecified atom stereocenters. The zero-order valence-corrected chi connectivity index (χ0v) is 10.8. The average Bonchev–Trinajstić information content (AvgIpc) is 2.49. The van der Waals surface area contributed by atoms with Gasteiger partial charge < -0.3 is 5.32 Å². The van der Waals surface area contributed by atoms with Crippen LogP contribution in [0.5, 0.6) is 0 Å². The van der Waals surface area contributed by atoms with Crippen molar-refractivity contribution in [2.75, 3.05) is 18.3 Å². The first kappa shape index (κ1) is 13.0. The van der Waals surface area contributed by atoms with E-state index in [9.17, 15) is 8.42 Å². The van der Waals surface area contributed by atoms with Crippen LogP contribution in [0.2, 0.25) is 0 Å². The fourth-order valence-corrected chi connectivity index (χ4v) is 2.51. The zero-order valence-electron chi connectivity index (χ0n) is 9.96. The Hall–Kier alpha value is -1.08. The highest BCUT2D eigenvalue weighted by molar-refractivity contribution is 7.93. The van der Waals surface area contributed by atoms with Crippen molar-refractivity contribution < 1.29 is 8.42 Å². The number of nitrogens with one attached hydrogen (secondary N) is 3. The van der Waals surface area contributed by atoms with Gasteiger partial charge in [-0.1, -0.05) is 0 Å². The molecule has 0 radical (unpaired) electrons. The summed E-state index contributed by atoms with van der Waals surface area (Å²) in [5, 5.41) is 9.02. The fourth-order valence-electron chi connectivity index (χ4n) is 1.34. The highest BCUT2D eigenvalue weighted by Crippen LogP contribution is 2.18. The van der Waals surface area contributed by atoms with E-state index >= 15 is 0 Å². The van der Waals surface area contributed by atoms with Crippen molar-refractivity contribution in [3.63, 3.8) is 0 Å². The van der Waals surface area contributed by atoms with Crippen LogP contribution in [-0.4, -0.2) is 37.5 Å². The van der Waals surface area contributed by atoms with Crippen molar-refractivity contribution in [3.05, 3.63) is 11.4 Å². The Balaban J connectivity index is 2.89. The summed E-state index contributed by atoms with van der Waals surface area (Å²) in [7, 11) is -1.64. The van der Waals surface area contributed by atoms with E-state index in [1.54, 1.807) is 27.8 Å². The summed E-state index contributed by atoms with van der Waals surface area (Å²) in [5.41, 5.74) is 1.92. The molecule has 7 heteroatoms. The van der Waals surface area contributed by atoms with Crippen LogP contribution in [0.3, 0.4) is 0 Å². The first-order valence-electron chi connectivity index (χ1n) is 5.06. The quantitative estimate of drug-likeness (QED) is 0.701. The molecule has 0 fully saturated rings. The standard InChI is InChI=1S/C9H18N4O2S/c1-6(5-10-4)16(14,15)13-9-7(2)11-12-8(9)3/h6,10,13H,5H2,1-4H3,(H,11,12). The van der Waals surface area contributed by atoms with Gasteiger partial charge in [0.2, 0.25) is 10.0 Å². The molecule has 0 aliphatic heterocycles. The highest BCUT2D eigenvalue weighted by atomic mass is 32.2. The Morgan fingerprint density at radius 2 is 2.06 bits per heavy atom. The van der Waals surface area contributed by atoms with Crippen LogP contribution in [0.25, 0.3) is 0 Å². The van der Waals surface area contributed by atoms with Crippen LogP contribution < -0.4 is 10.0 Å². The minimum Gasteiger partial charge on any atom is -0.318 e. The number of hydrogen-bond donors (Lipinski definition) is 3. The largest absolute Gasteiger partial charge is 0.318 e. The highest BCUT2D eigenvalue weighted by Gasteiger charge is 2.22. The first-order chi connectivity index (χ1) is 7.38. The lowest BCUT2D eigenvalue weighted by Crippen LogP contribution is -2.33. The molecule has 0 bridgehead atoms. The molecule has 1 rings (SSSR count). The Bertz CT molecular complexity index is 433. The van der Waals surface area contributed by atoms with Crippen molar-refractivity contribution in [3.8, 4) is 0 Å². The van der Waals surface area contributed by atoms with Crippen molar-refractivity contribution in [2.24, 2.45) is 0 Å². The van der Waals surface area contributed by atoms with Crippen LogP contribution in [0, 0.1) is 13.8 Å². The molecule has 6 nitrogen and oxygen atoms in total. The Labute approximate surface area is 95.9 Å². The minimum absolute atomic E-state index is 0.408. The summed E-state index contributed by atoms with van der Waals surface area (Å²) in [6.45, 7) is 5.60. The lowest BCUT2D eigenvalue weighted by molar-refractivity contribution is 0.583. The molecule has 1 heterocycles. The molecule has 92 valence electrons. The smallest absolute Gasteiger partial charge is 0.236 e. The lowest BCUT2D eigenvalue weighted by atomic mass is 10.3. The van der Waals surface area contributed by atoms with Crippen molar-refractivity contribution >= 4 is 15.7 Å². The number of anilines is 1. The Morgan fingerprint density at radius 1 is 1.44 bits per heavy atom. The van der Waals surface area contributed by atoms with Gasteiger partial charge in [0.05, 0.1) is 22.3 Å². The van der Waals surface area contributed by atoms with E-state index in [4.69, 9.17) is 0 Å². The van der Waals surface area contributed by atoms with Crippen molar-refractivity contribution in [1.82, 2.24) is 15.5 Å². The number of aryl methyl sites for hydroxylation is 2. The molecule has 0 amide bonds. The number of H-pyrrole nitrogens is 1. The van der Waals surface area contributed by atoms with Gasteiger partial charge in [0.1, 0.15) is 0 Å². The van der Waals surface area contributed by atoms with E-state index in [1.165, 1.54) is 0 Å². The summed E-state index contributed by atoms with van der Waals surface area (Å²) in [4.78, 5) is 0. The number of hydrogen-bond acceptors (Lipinski definition) is 4. The molecule has 3 N–H and O–H groups in total. The molecule has 0 saturated carbocycles. The predicted octanol–water partition coefficient (Wildman–Crippen LogP) is 0.376. The van der Waals surface area contributed by atoms with E-state index in [-0.39, 0.29) is 0 Å². The van der Waals surface area contributed by atoms with E-state index in [2.05, 4.69) is 20.2 Å². The van der Waals surface area contributed by atoms with Crippen LogP contribution in [-0.2, 0) is 10.0 Å². The molecular formula is C9H18N4O2S. The van der Waals surface area contributed by atoms with Crippen molar-refractivity contribution in [2.45, 2.75) is 26.0 Å². The SMILES string of the molecule is CNCC(C)S(=O)(=O)Nc1c(C)n[nH]c1C. The van der Waals surface area contributed by atoms with E-state index in [0.717, 1.165) is 5.69 Å². The summed E-state index contributed by atoms with van der Waals surface area (Å²) in [5.74, 6) is 0. The molecule has 1 aromatic heterocycles. The summed E-state index contributed by atoms with van der Waals surface area (Å²) in [6.07, 6.45) is 0. The first-order valence-corrected chi connectivity index (χ1v) is 6.61. The number of aromatic nitrogens is 2. The number of sulfonamides is 1. The van der Waals surface area contributed by atoms with E-state index in [1.807, 2.05) is 0 Å². The van der Waals surface area contributed by atoms with Gasteiger partial charge in [0, 0.05) is 6.54 Å². The van der Waals surface area contributed by atoms with Crippen LogP contribution in [0.15, 0.2) is 0 Å². The molecule has 0 aromatic carbocycles. The number of rotatable bonds is 5. The molecule has 1 aromatic rings. The van der Waals surface area contributed by atoms with Gasteiger partial charge in [-0.2, -0.15) is 5.10 Å². The van der Waals surface area contributed by atoms with E-state index in [0.29, 0.717) is 17.9 Å². The van der Waals surface area contributed by atoms with E-state index < -0.39 is 15.3 Å². The normalized spacial score (nSPS) is 13.8. The summed E-state index contributed by atoms with van der Waals surface area (Å²) < 4.78 is 26.4. The van der Waals surface area contributed by atoms with Crippen molar-refractivity contribution in [1.29, 1.82) is 0 Å². The second-order valence-electron chi connectivity index (χ2n) is 3.82. The summed E-state index contributed by atoms with van der Waals surface area (Å²) in [6, 6.07) is 0. The third-order valence-corrected chi connectivity index (χ3v) is 4.11. The maximum atomic E-state index is 11.9. The van der Waals surface area contributed by atoms with Gasteiger partial charge in [-0.15, -0.1) is 0 Å². The van der Waals surface area contributed by atoms with Gasteiger partial charge in [-0.3, -0.25) is 9.82 Å². The average molecular weight is 246 g/mol. The second kappa shape index (κ2) is 4.84. The molecule has 16 heavy (non-hydrogen) atoms. The topological polar surface area (TPSA) is 86.9 Å². The Morgan fingerprint density at radius 3 is 2.50 bits per heavy atom. The fraction of sp³-hybridized carbons (Fsp3) is 0.667. The third-order valence-electron chi connectivity index (χ3n) is 2.39. The van der Waals surface area contributed by atoms with Gasteiger partial charge >= 0.3 is 0 Å². The Kier molecular flexibility index (Phi) is 3.93. The maximum absolute atomic E-state index is 11.9. The van der Waals surface area contributed by atoms with Gasteiger partial charge in [0.25, 0.3) is 0 Å². The lowest BCUT2D eigenvalue weighted by Gasteiger charge is -2.14. The monoisotopic (exact) mass is 246 g/mol. The number of nitrogens with zero attached hydrogens (tertiary/aromatic N) is 1. The van der Waals surface area contributed by atoms with Gasteiger partial charge in [-0.05, 0) is 27.8 Å². The van der Waals surface area contributed by atoms with Crippen LogP contribution >= 0.6 is 0 Å². The molecule has 1 atom stereocenters. The zero-order chi connectivity index (χ0) is 12.3. The van der Waals surface area contributed by atoms with Gasteiger partial charge in [-0.25, -0.2) is 8.42 Å². The van der Waals surface area contributed by atoms with Gasteiger partial charge in [0.15, 0.2) is 0 Å². The summed E-state index contributed by atoms with van der Waals surface area (Å²) >= 11 is 0.